The van der Waals surface area contributed by atoms with Crippen LogP contribution < -0.4 is 5.32 Å². The first-order valence-electron chi connectivity index (χ1n) is 6.37. The maximum absolute atomic E-state index is 9.22. The van der Waals surface area contributed by atoms with Crippen LogP contribution in [0.3, 0.4) is 0 Å². The number of aliphatic hydroxyl groups excluding tert-OH is 1. The topological polar surface area (TPSA) is 35.5 Å². The molecule has 0 radical (unpaired) electrons. The molecular weight excluding hydrogens is 188 g/mol. The molecule has 0 aromatic heterocycles. The van der Waals surface area contributed by atoms with Gasteiger partial charge in [-0.25, -0.2) is 0 Å². The molecule has 0 aliphatic carbocycles. The fourth-order valence-electron chi connectivity index (χ4n) is 2.99. The number of nitrogens with one attached hydrogen (secondary N) is 1. The summed E-state index contributed by atoms with van der Waals surface area (Å²) in [6.07, 6.45) is 3.88. The molecule has 0 spiro atoms. The van der Waals surface area contributed by atoms with Gasteiger partial charge < -0.3 is 10.4 Å². The molecule has 88 valence electrons. The van der Waals surface area contributed by atoms with Crippen molar-refractivity contribution in [3.05, 3.63) is 0 Å². The van der Waals surface area contributed by atoms with Crippen LogP contribution in [0.2, 0.25) is 0 Å². The predicted molar refractivity (Wildman–Crippen MR) is 61.8 cm³/mol. The number of rotatable bonds is 3. The van der Waals surface area contributed by atoms with Crippen molar-refractivity contribution in [2.24, 2.45) is 11.8 Å². The van der Waals surface area contributed by atoms with E-state index in [9.17, 15) is 5.11 Å². The standard InChI is InChI=1S/C12H24N2O/c1-10-12(9-15)4-6-14(10)8-11-3-2-5-13-7-11/h10-13,15H,2-9H2,1H3. The minimum atomic E-state index is 0.362. The number of aliphatic hydroxyl groups is 1. The molecule has 2 rings (SSSR count). The Morgan fingerprint density at radius 2 is 2.27 bits per heavy atom. The molecule has 2 heterocycles. The highest BCUT2D eigenvalue weighted by atomic mass is 16.3. The fraction of sp³-hybridized carbons (Fsp3) is 1.00. The molecule has 2 N–H and O–H groups in total. The molecule has 2 fully saturated rings. The summed E-state index contributed by atoms with van der Waals surface area (Å²) in [6.45, 7) is 7.43. The van der Waals surface area contributed by atoms with Crippen molar-refractivity contribution in [2.45, 2.75) is 32.2 Å². The summed E-state index contributed by atoms with van der Waals surface area (Å²) in [4.78, 5) is 2.57. The Morgan fingerprint density at radius 3 is 2.87 bits per heavy atom. The molecule has 3 unspecified atom stereocenters. The molecule has 3 heteroatoms. The first-order valence-corrected chi connectivity index (χ1v) is 6.37. The van der Waals surface area contributed by atoms with Crippen LogP contribution in [-0.2, 0) is 0 Å². The molecule has 3 nitrogen and oxygen atoms in total. The molecule has 2 aliphatic heterocycles. The van der Waals surface area contributed by atoms with Crippen molar-refractivity contribution in [3.63, 3.8) is 0 Å². The lowest BCUT2D eigenvalue weighted by Gasteiger charge is -2.30. The molecule has 0 amide bonds. The van der Waals surface area contributed by atoms with Crippen LogP contribution in [0.25, 0.3) is 0 Å². The molecule has 0 bridgehead atoms. The molecular formula is C12H24N2O. The third-order valence-corrected chi connectivity index (χ3v) is 4.17. The van der Waals surface area contributed by atoms with Gasteiger partial charge in [-0.2, -0.15) is 0 Å². The molecule has 2 saturated heterocycles. The number of hydrogen-bond donors (Lipinski definition) is 2. The Hall–Kier alpha value is -0.120. The van der Waals surface area contributed by atoms with E-state index in [1.807, 2.05) is 0 Å². The van der Waals surface area contributed by atoms with Gasteiger partial charge >= 0.3 is 0 Å². The van der Waals surface area contributed by atoms with Crippen LogP contribution in [0.15, 0.2) is 0 Å². The Balaban J connectivity index is 1.79. The van der Waals surface area contributed by atoms with Gasteiger partial charge in [0.05, 0.1) is 0 Å². The van der Waals surface area contributed by atoms with Crippen molar-refractivity contribution in [1.82, 2.24) is 10.2 Å². The third-order valence-electron chi connectivity index (χ3n) is 4.17. The quantitative estimate of drug-likeness (QED) is 0.722. The summed E-state index contributed by atoms with van der Waals surface area (Å²) in [5.41, 5.74) is 0. The maximum atomic E-state index is 9.22. The normalized spacial score (nSPS) is 38.4. The van der Waals surface area contributed by atoms with Crippen LogP contribution in [0, 0.1) is 11.8 Å². The number of piperidine rings is 1. The van der Waals surface area contributed by atoms with Crippen LogP contribution in [0.5, 0.6) is 0 Å². The van der Waals surface area contributed by atoms with Crippen LogP contribution >= 0.6 is 0 Å². The first kappa shape index (κ1) is 11.4. The van der Waals surface area contributed by atoms with Gasteiger partial charge in [0.2, 0.25) is 0 Å². The van der Waals surface area contributed by atoms with Gasteiger partial charge in [-0.1, -0.05) is 0 Å². The second kappa shape index (κ2) is 5.28. The lowest BCUT2D eigenvalue weighted by Crippen LogP contribution is -2.40. The van der Waals surface area contributed by atoms with E-state index in [1.165, 1.54) is 45.4 Å². The highest BCUT2D eigenvalue weighted by Crippen LogP contribution is 2.25. The molecule has 3 atom stereocenters. The van der Waals surface area contributed by atoms with Gasteiger partial charge in [0.15, 0.2) is 0 Å². The van der Waals surface area contributed by atoms with E-state index < -0.39 is 0 Å². The fourth-order valence-corrected chi connectivity index (χ4v) is 2.99. The lowest BCUT2D eigenvalue weighted by molar-refractivity contribution is 0.155. The predicted octanol–water partition coefficient (Wildman–Crippen LogP) is 0.689. The Labute approximate surface area is 92.8 Å². The molecule has 0 aromatic carbocycles. The minimum absolute atomic E-state index is 0.362. The van der Waals surface area contributed by atoms with E-state index in [1.54, 1.807) is 0 Å². The number of nitrogens with zero attached hydrogens (tertiary/aromatic N) is 1. The average Bonchev–Trinajstić information content (AvgIpc) is 2.62. The zero-order valence-electron chi connectivity index (χ0n) is 9.78. The molecule has 0 aromatic rings. The second-order valence-corrected chi connectivity index (χ2v) is 5.18. The highest BCUT2D eigenvalue weighted by Gasteiger charge is 2.31. The zero-order valence-corrected chi connectivity index (χ0v) is 9.78. The zero-order chi connectivity index (χ0) is 10.7. The van der Waals surface area contributed by atoms with Gasteiger partial charge in [-0.05, 0) is 57.7 Å². The Bertz CT molecular complexity index is 192. The summed E-state index contributed by atoms with van der Waals surface area (Å²) in [6, 6.07) is 0.580. The van der Waals surface area contributed by atoms with Gasteiger partial charge in [-0.15, -0.1) is 0 Å². The SMILES string of the molecule is CC1C(CO)CCN1CC1CCCNC1. The highest BCUT2D eigenvalue weighted by molar-refractivity contribution is 4.85. The van der Waals surface area contributed by atoms with Crippen molar-refractivity contribution in [3.8, 4) is 0 Å². The van der Waals surface area contributed by atoms with Gasteiger partial charge in [-0.3, -0.25) is 4.90 Å². The number of likely N-dealkylation sites (tertiary alicyclic amines) is 1. The van der Waals surface area contributed by atoms with E-state index >= 15 is 0 Å². The van der Waals surface area contributed by atoms with Crippen molar-refractivity contribution in [2.75, 3.05) is 32.8 Å². The van der Waals surface area contributed by atoms with E-state index in [2.05, 4.69) is 17.1 Å². The van der Waals surface area contributed by atoms with Crippen LogP contribution in [-0.4, -0.2) is 48.8 Å². The summed E-state index contributed by atoms with van der Waals surface area (Å²) < 4.78 is 0. The van der Waals surface area contributed by atoms with Gasteiger partial charge in [0.25, 0.3) is 0 Å². The summed E-state index contributed by atoms with van der Waals surface area (Å²) in [7, 11) is 0. The van der Waals surface area contributed by atoms with Crippen LogP contribution in [0.1, 0.15) is 26.2 Å². The minimum Gasteiger partial charge on any atom is -0.396 e. The van der Waals surface area contributed by atoms with E-state index in [-0.39, 0.29) is 0 Å². The van der Waals surface area contributed by atoms with E-state index in [0.717, 1.165) is 5.92 Å². The Morgan fingerprint density at radius 1 is 1.40 bits per heavy atom. The largest absolute Gasteiger partial charge is 0.396 e. The molecule has 15 heavy (non-hydrogen) atoms. The van der Waals surface area contributed by atoms with Gasteiger partial charge in [0, 0.05) is 19.2 Å². The van der Waals surface area contributed by atoms with Crippen molar-refractivity contribution >= 4 is 0 Å². The van der Waals surface area contributed by atoms with E-state index in [0.29, 0.717) is 18.6 Å². The molecule has 0 saturated carbocycles. The summed E-state index contributed by atoms with van der Waals surface area (Å²) >= 11 is 0. The first-order chi connectivity index (χ1) is 7.31. The monoisotopic (exact) mass is 212 g/mol. The smallest absolute Gasteiger partial charge is 0.0474 e. The maximum Gasteiger partial charge on any atom is 0.0474 e. The average molecular weight is 212 g/mol. The lowest BCUT2D eigenvalue weighted by atomic mass is 9.98. The van der Waals surface area contributed by atoms with Gasteiger partial charge in [0.1, 0.15) is 0 Å². The summed E-state index contributed by atoms with van der Waals surface area (Å²) in [5, 5.41) is 12.7. The van der Waals surface area contributed by atoms with Crippen molar-refractivity contribution < 1.29 is 5.11 Å². The second-order valence-electron chi connectivity index (χ2n) is 5.18. The number of hydrogen-bond acceptors (Lipinski definition) is 3. The van der Waals surface area contributed by atoms with Crippen molar-refractivity contribution in [1.29, 1.82) is 0 Å². The Kier molecular flexibility index (Phi) is 4.00. The summed E-state index contributed by atoms with van der Waals surface area (Å²) in [5.74, 6) is 1.35. The van der Waals surface area contributed by atoms with E-state index in [4.69, 9.17) is 0 Å². The molecule has 2 aliphatic rings. The third kappa shape index (κ3) is 2.71. The van der Waals surface area contributed by atoms with Crippen LogP contribution in [0.4, 0.5) is 0 Å².